The molecule has 5 nitrogen and oxygen atoms in total. The first kappa shape index (κ1) is 32.8. The van der Waals surface area contributed by atoms with Crippen LogP contribution in [0, 0.1) is 6.92 Å². The van der Waals surface area contributed by atoms with Crippen molar-refractivity contribution in [3.05, 3.63) is 188 Å². The Labute approximate surface area is 328 Å². The summed E-state index contributed by atoms with van der Waals surface area (Å²) in [6, 6.07) is 59.1. The summed E-state index contributed by atoms with van der Waals surface area (Å²) in [5.74, 6) is 0.678. The van der Waals surface area contributed by atoms with E-state index >= 15 is 0 Å². The quantitative estimate of drug-likeness (QED) is 0.170. The van der Waals surface area contributed by atoms with Gasteiger partial charge in [0.2, 0.25) is 0 Å². The molecule has 0 bridgehead atoms. The lowest BCUT2D eigenvalue weighted by Gasteiger charge is -2.14. The number of pyridine rings is 1. The third-order valence-corrected chi connectivity index (χ3v) is 10.9. The first-order valence-corrected chi connectivity index (χ1v) is 19.1. The number of para-hydroxylation sites is 2. The van der Waals surface area contributed by atoms with Crippen LogP contribution in [-0.4, -0.2) is 15.0 Å². The minimum atomic E-state index is 0.678. The second-order valence-electron chi connectivity index (χ2n) is 14.5. The van der Waals surface area contributed by atoms with Crippen LogP contribution in [0.3, 0.4) is 0 Å². The number of rotatable bonds is 6. The Kier molecular flexibility index (Phi) is 7.64. The third kappa shape index (κ3) is 5.85. The van der Waals surface area contributed by atoms with Gasteiger partial charge in [0, 0.05) is 56.2 Å². The van der Waals surface area contributed by atoms with E-state index in [1.165, 1.54) is 0 Å². The Hall–Kier alpha value is -7.63. The molecule has 268 valence electrons. The van der Waals surface area contributed by atoms with Crippen LogP contribution in [0.5, 0.6) is 0 Å². The minimum Gasteiger partial charge on any atom is -0.456 e. The molecule has 7 aromatic carbocycles. The molecule has 4 heterocycles. The summed E-state index contributed by atoms with van der Waals surface area (Å²) in [4.78, 5) is 14.9. The Morgan fingerprint density at radius 3 is 1.54 bits per heavy atom. The molecular weight excluding hydrogens is 699 g/mol. The van der Waals surface area contributed by atoms with Crippen molar-refractivity contribution < 1.29 is 8.83 Å². The predicted octanol–water partition coefficient (Wildman–Crippen LogP) is 14.0. The fourth-order valence-electron chi connectivity index (χ4n) is 8.00. The van der Waals surface area contributed by atoms with Gasteiger partial charge in [-0.3, -0.25) is 4.98 Å². The van der Waals surface area contributed by atoms with E-state index in [9.17, 15) is 0 Å². The molecule has 0 atom stereocenters. The van der Waals surface area contributed by atoms with E-state index in [0.717, 1.165) is 111 Å². The van der Waals surface area contributed by atoms with Gasteiger partial charge in [0.15, 0.2) is 5.82 Å². The molecule has 11 rings (SSSR count). The highest BCUT2D eigenvalue weighted by atomic mass is 16.3. The van der Waals surface area contributed by atoms with E-state index < -0.39 is 0 Å². The van der Waals surface area contributed by atoms with Crippen LogP contribution in [0.4, 0.5) is 0 Å². The van der Waals surface area contributed by atoms with E-state index in [1.807, 2.05) is 42.6 Å². The van der Waals surface area contributed by atoms with Gasteiger partial charge >= 0.3 is 0 Å². The molecule has 0 fully saturated rings. The van der Waals surface area contributed by atoms with Crippen LogP contribution >= 0.6 is 0 Å². The average molecular weight is 732 g/mol. The molecule has 11 aromatic rings. The largest absolute Gasteiger partial charge is 0.456 e. The molecule has 0 unspecified atom stereocenters. The maximum Gasteiger partial charge on any atom is 0.160 e. The first-order valence-electron chi connectivity index (χ1n) is 19.1. The summed E-state index contributed by atoms with van der Waals surface area (Å²) in [5.41, 5.74) is 15.7. The molecule has 57 heavy (non-hydrogen) atoms. The molecule has 0 aliphatic carbocycles. The van der Waals surface area contributed by atoms with Crippen molar-refractivity contribution in [3.8, 4) is 67.3 Å². The van der Waals surface area contributed by atoms with Crippen LogP contribution in [0.15, 0.2) is 191 Å². The number of benzene rings is 7. The predicted molar refractivity (Wildman–Crippen MR) is 232 cm³/mol. The Morgan fingerprint density at radius 2 is 0.895 bits per heavy atom. The fraction of sp³-hybridized carbons (Fsp3) is 0.0192. The third-order valence-electron chi connectivity index (χ3n) is 10.9. The van der Waals surface area contributed by atoms with Crippen LogP contribution in [-0.2, 0) is 0 Å². The van der Waals surface area contributed by atoms with E-state index in [0.29, 0.717) is 5.82 Å². The van der Waals surface area contributed by atoms with Crippen molar-refractivity contribution in [2.45, 2.75) is 6.92 Å². The molecule has 4 aromatic heterocycles. The van der Waals surface area contributed by atoms with Crippen molar-refractivity contribution in [2.24, 2.45) is 0 Å². The molecule has 0 aliphatic heterocycles. The van der Waals surface area contributed by atoms with Gasteiger partial charge in [-0.15, -0.1) is 0 Å². The monoisotopic (exact) mass is 731 g/mol. The molecule has 0 N–H and O–H groups in total. The Balaban J connectivity index is 1.14. The maximum atomic E-state index is 6.23. The molecule has 0 spiro atoms. The van der Waals surface area contributed by atoms with Gasteiger partial charge in [-0.25, -0.2) is 9.97 Å². The summed E-state index contributed by atoms with van der Waals surface area (Å²) >= 11 is 0. The van der Waals surface area contributed by atoms with Crippen molar-refractivity contribution in [2.75, 3.05) is 0 Å². The summed E-state index contributed by atoms with van der Waals surface area (Å²) in [6.07, 6.45) is 3.69. The summed E-state index contributed by atoms with van der Waals surface area (Å²) in [7, 11) is 0. The standard InChI is InChI=1S/C52H33N3O2/c1-32-10-2-3-14-41(32)52-54-46(36-12-8-11-33(24-36)37-13-9-23-53-31-37)30-47(55-52)40-26-38(34-19-21-50-44(28-34)42-15-4-6-17-48(42)56-50)25-39(27-40)35-20-22-51-45(29-35)43-16-5-7-18-49(43)57-51/h2-31H,1H3. The minimum absolute atomic E-state index is 0.678. The van der Waals surface area contributed by atoms with Gasteiger partial charge in [-0.2, -0.15) is 0 Å². The Morgan fingerprint density at radius 1 is 0.368 bits per heavy atom. The average Bonchev–Trinajstić information content (AvgIpc) is 3.84. The zero-order chi connectivity index (χ0) is 37.9. The topological polar surface area (TPSA) is 65.0 Å². The van der Waals surface area contributed by atoms with E-state index in [1.54, 1.807) is 6.20 Å². The van der Waals surface area contributed by atoms with Crippen LogP contribution in [0.1, 0.15) is 5.56 Å². The van der Waals surface area contributed by atoms with Crippen molar-refractivity contribution in [3.63, 3.8) is 0 Å². The molecule has 0 radical (unpaired) electrons. The highest BCUT2D eigenvalue weighted by Gasteiger charge is 2.17. The van der Waals surface area contributed by atoms with E-state index in [2.05, 4.69) is 145 Å². The molecule has 0 saturated heterocycles. The smallest absolute Gasteiger partial charge is 0.160 e. The van der Waals surface area contributed by atoms with E-state index in [-0.39, 0.29) is 0 Å². The number of aryl methyl sites for hydroxylation is 1. The van der Waals surface area contributed by atoms with Gasteiger partial charge in [0.05, 0.1) is 11.4 Å². The molecular formula is C52H33N3O2. The number of hydrogen-bond donors (Lipinski definition) is 0. The SMILES string of the molecule is Cc1ccccc1-c1nc(-c2cccc(-c3cccnc3)c2)cc(-c2cc(-c3ccc4oc5ccccc5c4c3)cc(-c3ccc4oc5ccccc5c4c3)c2)n1. The zero-order valence-electron chi connectivity index (χ0n) is 31.0. The number of fused-ring (bicyclic) bond motifs is 6. The fourth-order valence-corrected chi connectivity index (χ4v) is 8.00. The second-order valence-corrected chi connectivity index (χ2v) is 14.5. The lowest BCUT2D eigenvalue weighted by Crippen LogP contribution is -1.98. The zero-order valence-corrected chi connectivity index (χ0v) is 31.0. The highest BCUT2D eigenvalue weighted by molar-refractivity contribution is 6.07. The molecule has 0 amide bonds. The number of furan rings is 2. The lowest BCUT2D eigenvalue weighted by atomic mass is 9.93. The van der Waals surface area contributed by atoms with Crippen molar-refractivity contribution >= 4 is 43.9 Å². The Bertz CT molecular complexity index is 3190. The lowest BCUT2D eigenvalue weighted by molar-refractivity contribution is 0.668. The van der Waals surface area contributed by atoms with Gasteiger partial charge in [-0.1, -0.05) is 97.1 Å². The van der Waals surface area contributed by atoms with Crippen molar-refractivity contribution in [1.82, 2.24) is 15.0 Å². The van der Waals surface area contributed by atoms with Gasteiger partial charge < -0.3 is 8.83 Å². The van der Waals surface area contributed by atoms with Crippen molar-refractivity contribution in [1.29, 1.82) is 0 Å². The summed E-state index contributed by atoms with van der Waals surface area (Å²) < 4.78 is 12.5. The van der Waals surface area contributed by atoms with Crippen LogP contribution in [0.2, 0.25) is 0 Å². The van der Waals surface area contributed by atoms with Crippen LogP contribution in [0.25, 0.3) is 111 Å². The molecule has 5 heteroatoms. The molecule has 0 aliphatic rings. The van der Waals surface area contributed by atoms with Gasteiger partial charge in [0.1, 0.15) is 22.3 Å². The summed E-state index contributed by atoms with van der Waals surface area (Å²) in [6.45, 7) is 2.11. The first-order chi connectivity index (χ1) is 28.1. The highest BCUT2D eigenvalue weighted by Crippen LogP contribution is 2.39. The number of aromatic nitrogens is 3. The number of hydrogen-bond acceptors (Lipinski definition) is 5. The van der Waals surface area contributed by atoms with E-state index in [4.69, 9.17) is 18.8 Å². The maximum absolute atomic E-state index is 6.23. The molecule has 0 saturated carbocycles. The number of nitrogens with zero attached hydrogens (tertiary/aromatic N) is 3. The normalized spacial score (nSPS) is 11.6. The van der Waals surface area contributed by atoms with Crippen LogP contribution < -0.4 is 0 Å². The van der Waals surface area contributed by atoms with Gasteiger partial charge in [0.25, 0.3) is 0 Å². The summed E-state index contributed by atoms with van der Waals surface area (Å²) in [5, 5.41) is 4.36. The van der Waals surface area contributed by atoms with Gasteiger partial charge in [-0.05, 0) is 113 Å². The second kappa shape index (κ2) is 13.3.